The Morgan fingerprint density at radius 2 is 1.33 bits per heavy atom. The Morgan fingerprint density at radius 3 is 1.53 bits per heavy atom. The molecule has 0 aromatic carbocycles. The van der Waals surface area contributed by atoms with Crippen molar-refractivity contribution in [2.45, 2.75) is 11.7 Å². The van der Waals surface area contributed by atoms with Gasteiger partial charge in [-0.25, -0.2) is 8.42 Å². The Balaban J connectivity index is 0. The third kappa shape index (κ3) is 5.49. The van der Waals surface area contributed by atoms with E-state index in [2.05, 4.69) is 0 Å². The molecule has 0 bridgehead atoms. The van der Waals surface area contributed by atoms with Gasteiger partial charge in [0.15, 0.2) is 15.9 Å². The number of carbonyl (C=O) groups is 1. The summed E-state index contributed by atoms with van der Waals surface area (Å²) in [4.78, 5) is 9.76. The maximum absolute atomic E-state index is 11.4. The van der Waals surface area contributed by atoms with Crippen LogP contribution < -0.4 is 51.4 Å². The van der Waals surface area contributed by atoms with Gasteiger partial charge < -0.3 is 9.52 Å². The zero-order valence-electron chi connectivity index (χ0n) is 6.85. The average molecular weight is 283 g/mol. The van der Waals surface area contributed by atoms with Crippen molar-refractivity contribution < 1.29 is 90.9 Å². The number of sulfonamides is 1. The fourth-order valence-corrected chi connectivity index (χ4v) is 0.638. The zero-order valence-corrected chi connectivity index (χ0v) is 10.8. The van der Waals surface area contributed by atoms with Gasteiger partial charge in [-0.1, -0.05) is 0 Å². The summed E-state index contributed by atoms with van der Waals surface area (Å²) in [6.45, 7) is 0. The number of alkyl halides is 6. The molecule has 0 N–H and O–H groups in total. The van der Waals surface area contributed by atoms with Crippen LogP contribution in [0.5, 0.6) is 0 Å². The summed E-state index contributed by atoms with van der Waals surface area (Å²) >= 11 is 0. The largest absolute Gasteiger partial charge is 1.00 e. The predicted molar refractivity (Wildman–Crippen MR) is 29.4 cm³/mol. The summed E-state index contributed by atoms with van der Waals surface area (Å²) in [5.74, 6) is -3.32. The van der Waals surface area contributed by atoms with Crippen molar-refractivity contribution in [1.82, 2.24) is 0 Å². The van der Waals surface area contributed by atoms with E-state index in [0.717, 1.165) is 4.72 Å². The molecule has 0 aromatic rings. The van der Waals surface area contributed by atoms with Crippen LogP contribution in [0.4, 0.5) is 26.3 Å². The number of hydrogen-bond acceptors (Lipinski definition) is 3. The standard InChI is InChI=1S/C3HF6NO3S.K/c4-2(5,6)1(11)10-14(12,13)3(7,8)9;/h(H,10,11);/q;+1/p-1. The molecule has 0 radical (unpaired) electrons. The van der Waals surface area contributed by atoms with Crippen LogP contribution >= 0.6 is 0 Å². The van der Waals surface area contributed by atoms with E-state index in [1.807, 2.05) is 0 Å². The van der Waals surface area contributed by atoms with Gasteiger partial charge in [0.2, 0.25) is 0 Å². The van der Waals surface area contributed by atoms with Crippen LogP contribution in [-0.2, 0) is 14.8 Å². The van der Waals surface area contributed by atoms with Crippen LogP contribution in [0.3, 0.4) is 0 Å². The molecule has 0 spiro atoms. The van der Waals surface area contributed by atoms with Gasteiger partial charge in [-0.05, 0) is 0 Å². The van der Waals surface area contributed by atoms with Crippen LogP contribution in [0.25, 0.3) is 4.72 Å². The Hall–Kier alpha value is 0.636. The minimum Gasteiger partial charge on any atom is -0.531 e. The summed E-state index contributed by atoms with van der Waals surface area (Å²) < 4.78 is 88.8. The van der Waals surface area contributed by atoms with E-state index in [1.165, 1.54) is 0 Å². The third-order valence-electron chi connectivity index (χ3n) is 0.738. The molecular weight excluding hydrogens is 283 g/mol. The van der Waals surface area contributed by atoms with Crippen molar-refractivity contribution in [3.8, 4) is 0 Å². The van der Waals surface area contributed by atoms with Gasteiger partial charge in [0, 0.05) is 0 Å². The maximum atomic E-state index is 11.4. The normalized spacial score (nSPS) is 12.9. The number of halogens is 6. The Morgan fingerprint density at radius 1 is 1.00 bits per heavy atom. The SMILES string of the molecule is O=C([N-]S(=O)(=O)C(F)(F)F)C(F)(F)F.[K+]. The van der Waals surface area contributed by atoms with Gasteiger partial charge >= 0.3 is 63.1 Å². The first kappa shape index (κ1) is 18.0. The molecule has 84 valence electrons. The van der Waals surface area contributed by atoms with Crippen LogP contribution in [0.1, 0.15) is 0 Å². The quantitative estimate of drug-likeness (QED) is 0.426. The summed E-state index contributed by atoms with van der Waals surface area (Å²) in [6.07, 6.45) is -5.75. The second kappa shape index (κ2) is 5.31. The van der Waals surface area contributed by atoms with Gasteiger partial charge in [0.25, 0.3) is 0 Å². The van der Waals surface area contributed by atoms with Gasteiger partial charge in [-0.15, -0.1) is 0 Å². The fraction of sp³-hybridized carbons (Fsp3) is 0.667. The molecule has 0 aliphatic rings. The minimum atomic E-state index is -6.42. The van der Waals surface area contributed by atoms with Gasteiger partial charge in [-0.3, -0.25) is 0 Å². The first-order valence-electron chi connectivity index (χ1n) is 2.53. The summed E-state index contributed by atoms with van der Waals surface area (Å²) in [5.41, 5.74) is -6.02. The van der Waals surface area contributed by atoms with Crippen molar-refractivity contribution in [3.05, 3.63) is 4.72 Å². The van der Waals surface area contributed by atoms with Crippen molar-refractivity contribution in [2.24, 2.45) is 0 Å². The second-order valence-electron chi connectivity index (χ2n) is 1.82. The smallest absolute Gasteiger partial charge is 0.531 e. The number of nitrogens with zero attached hydrogens (tertiary/aromatic N) is 1. The first-order valence-corrected chi connectivity index (χ1v) is 3.97. The van der Waals surface area contributed by atoms with Gasteiger partial charge in [-0.2, -0.15) is 26.3 Å². The molecule has 0 aliphatic carbocycles. The zero-order chi connectivity index (χ0) is 11.8. The van der Waals surface area contributed by atoms with Crippen LogP contribution in [0.15, 0.2) is 0 Å². The number of carbonyl (C=O) groups excluding carboxylic acids is 1. The van der Waals surface area contributed by atoms with Crippen LogP contribution in [0, 0.1) is 0 Å². The molecule has 0 rings (SSSR count). The molecule has 1 amide bonds. The molecule has 0 fully saturated rings. The van der Waals surface area contributed by atoms with E-state index in [1.54, 1.807) is 0 Å². The Labute approximate surface area is 122 Å². The van der Waals surface area contributed by atoms with Gasteiger partial charge in [0.1, 0.15) is 0 Å². The number of hydrogen-bond donors (Lipinski definition) is 0. The molecular formula is C3F6KNO3S. The van der Waals surface area contributed by atoms with Gasteiger partial charge in [0.05, 0.1) is 0 Å². The monoisotopic (exact) mass is 283 g/mol. The minimum absolute atomic E-state index is 0. The van der Waals surface area contributed by atoms with E-state index in [-0.39, 0.29) is 51.4 Å². The summed E-state index contributed by atoms with van der Waals surface area (Å²) in [5, 5.41) is 0. The van der Waals surface area contributed by atoms with Crippen molar-refractivity contribution in [3.63, 3.8) is 0 Å². The molecule has 0 heterocycles. The molecule has 0 unspecified atom stereocenters. The summed E-state index contributed by atoms with van der Waals surface area (Å²) in [7, 11) is -6.42. The summed E-state index contributed by atoms with van der Waals surface area (Å²) in [6, 6.07) is 0. The molecule has 15 heavy (non-hydrogen) atoms. The number of amides is 1. The van der Waals surface area contributed by atoms with Crippen LogP contribution in [0.2, 0.25) is 0 Å². The molecule has 0 aromatic heterocycles. The van der Waals surface area contributed by atoms with Crippen molar-refractivity contribution in [1.29, 1.82) is 0 Å². The molecule has 0 atom stereocenters. The van der Waals surface area contributed by atoms with E-state index in [9.17, 15) is 39.6 Å². The van der Waals surface area contributed by atoms with E-state index in [4.69, 9.17) is 0 Å². The van der Waals surface area contributed by atoms with Crippen molar-refractivity contribution in [2.75, 3.05) is 0 Å². The third-order valence-corrected chi connectivity index (χ3v) is 1.73. The topological polar surface area (TPSA) is 65.3 Å². The fourth-order valence-electron chi connectivity index (χ4n) is 0.213. The predicted octanol–water partition coefficient (Wildman–Crippen LogP) is -1.70. The van der Waals surface area contributed by atoms with E-state index >= 15 is 0 Å². The molecule has 4 nitrogen and oxygen atoms in total. The first-order chi connectivity index (χ1) is 5.88. The maximum Gasteiger partial charge on any atom is 1.00 e. The number of rotatable bonds is 1. The second-order valence-corrected chi connectivity index (χ2v) is 3.41. The Kier molecular flexibility index (Phi) is 6.38. The molecule has 12 heteroatoms. The van der Waals surface area contributed by atoms with E-state index < -0.39 is 27.6 Å². The molecule has 0 aliphatic heterocycles. The average Bonchev–Trinajstić information content (AvgIpc) is 1.80. The molecule has 0 saturated carbocycles. The molecule has 0 saturated heterocycles. The van der Waals surface area contributed by atoms with Crippen LogP contribution in [-0.4, -0.2) is 26.0 Å². The van der Waals surface area contributed by atoms with Crippen molar-refractivity contribution >= 4 is 15.9 Å². The van der Waals surface area contributed by atoms with E-state index in [0.29, 0.717) is 0 Å². The Bertz CT molecular complexity index is 331.